The predicted molar refractivity (Wildman–Crippen MR) is 93.5 cm³/mol. The number of hydrogen-bond acceptors (Lipinski definition) is 3. The largest absolute Gasteiger partial charge is 0.396 e. The topological polar surface area (TPSA) is 67.2 Å². The van der Waals surface area contributed by atoms with Crippen molar-refractivity contribution >= 4 is 5.91 Å². The molecular formula is C18H33N3O2. The summed E-state index contributed by atoms with van der Waals surface area (Å²) in [6, 6.07) is 1.91. The summed E-state index contributed by atoms with van der Waals surface area (Å²) in [7, 11) is 0. The van der Waals surface area contributed by atoms with Crippen molar-refractivity contribution in [1.29, 1.82) is 0 Å². The molecule has 0 fully saturated rings. The molecule has 1 aromatic rings. The number of aliphatic hydroxyl groups is 1. The number of hydrogen-bond donors (Lipinski definition) is 2. The van der Waals surface area contributed by atoms with Gasteiger partial charge in [-0.05, 0) is 30.2 Å². The van der Waals surface area contributed by atoms with Gasteiger partial charge in [-0.25, -0.2) is 0 Å². The average Bonchev–Trinajstić information content (AvgIpc) is 2.85. The maximum Gasteiger partial charge on any atom is 0.271 e. The molecule has 5 nitrogen and oxygen atoms in total. The molecule has 0 aromatic carbocycles. The Balaban J connectivity index is 2.83. The maximum atomic E-state index is 12.3. The number of aryl methyl sites for hydroxylation is 1. The highest BCUT2D eigenvalue weighted by atomic mass is 16.3. The van der Waals surface area contributed by atoms with Gasteiger partial charge in [-0.2, -0.15) is 5.10 Å². The third kappa shape index (κ3) is 7.16. The number of rotatable bonds is 9. The second kappa shape index (κ2) is 9.06. The molecule has 2 N–H and O–H groups in total. The van der Waals surface area contributed by atoms with Gasteiger partial charge < -0.3 is 10.4 Å². The summed E-state index contributed by atoms with van der Waals surface area (Å²) in [5.41, 5.74) is 1.75. The van der Waals surface area contributed by atoms with Crippen LogP contribution in [0.25, 0.3) is 0 Å². The standard InChI is InChI=1S/C18H33N3O2/c1-6-7-8-9-21-15(11-18(3,4)5)10-16(20-21)17(23)19-12-14(2)13-22/h10,14,22H,6-9,11-13H2,1-5H3,(H,19,23). The van der Waals surface area contributed by atoms with Crippen molar-refractivity contribution in [3.05, 3.63) is 17.5 Å². The first-order chi connectivity index (χ1) is 10.8. The van der Waals surface area contributed by atoms with Gasteiger partial charge in [0, 0.05) is 25.4 Å². The molecule has 1 aromatic heterocycles. The first-order valence-electron chi connectivity index (χ1n) is 8.72. The van der Waals surface area contributed by atoms with E-state index in [4.69, 9.17) is 5.11 Å². The Morgan fingerprint density at radius 3 is 2.65 bits per heavy atom. The number of amides is 1. The van der Waals surface area contributed by atoms with E-state index in [0.717, 1.165) is 25.1 Å². The van der Waals surface area contributed by atoms with Crippen LogP contribution in [0, 0.1) is 11.3 Å². The number of nitrogens with one attached hydrogen (secondary N) is 1. The summed E-state index contributed by atoms with van der Waals surface area (Å²) in [6.07, 6.45) is 4.32. The molecule has 1 atom stereocenters. The van der Waals surface area contributed by atoms with E-state index in [1.54, 1.807) is 0 Å². The van der Waals surface area contributed by atoms with Gasteiger partial charge in [0.1, 0.15) is 5.69 Å². The van der Waals surface area contributed by atoms with E-state index >= 15 is 0 Å². The van der Waals surface area contributed by atoms with Gasteiger partial charge in [-0.15, -0.1) is 0 Å². The Labute approximate surface area is 140 Å². The highest BCUT2D eigenvalue weighted by molar-refractivity contribution is 5.92. The minimum absolute atomic E-state index is 0.0552. The first-order valence-corrected chi connectivity index (χ1v) is 8.72. The number of carbonyl (C=O) groups excluding carboxylic acids is 1. The Morgan fingerprint density at radius 2 is 2.09 bits per heavy atom. The first kappa shape index (κ1) is 19.7. The SMILES string of the molecule is CCCCCn1nc(C(=O)NCC(C)CO)cc1CC(C)(C)C. The van der Waals surface area contributed by atoms with Gasteiger partial charge in [0.2, 0.25) is 0 Å². The molecule has 23 heavy (non-hydrogen) atoms. The molecular weight excluding hydrogens is 290 g/mol. The van der Waals surface area contributed by atoms with Crippen LogP contribution in [-0.4, -0.2) is 33.9 Å². The van der Waals surface area contributed by atoms with Crippen LogP contribution >= 0.6 is 0 Å². The molecule has 0 spiro atoms. The van der Waals surface area contributed by atoms with Crippen molar-refractivity contribution in [3.8, 4) is 0 Å². The van der Waals surface area contributed by atoms with Crippen LogP contribution in [0.3, 0.4) is 0 Å². The molecule has 0 aliphatic rings. The monoisotopic (exact) mass is 323 g/mol. The molecule has 0 aliphatic heterocycles. The van der Waals surface area contributed by atoms with Crippen LogP contribution in [0.1, 0.15) is 70.1 Å². The van der Waals surface area contributed by atoms with Gasteiger partial charge in [-0.3, -0.25) is 9.48 Å². The average molecular weight is 323 g/mol. The summed E-state index contributed by atoms with van der Waals surface area (Å²) >= 11 is 0. The third-order valence-corrected chi connectivity index (χ3v) is 3.70. The molecule has 1 unspecified atom stereocenters. The van der Waals surface area contributed by atoms with E-state index in [9.17, 15) is 4.79 Å². The van der Waals surface area contributed by atoms with Crippen LogP contribution < -0.4 is 5.32 Å². The van der Waals surface area contributed by atoms with E-state index in [0.29, 0.717) is 12.2 Å². The number of carbonyl (C=O) groups is 1. The maximum absolute atomic E-state index is 12.3. The van der Waals surface area contributed by atoms with Crippen LogP contribution in [0.2, 0.25) is 0 Å². The highest BCUT2D eigenvalue weighted by Crippen LogP contribution is 2.21. The zero-order valence-electron chi connectivity index (χ0n) is 15.4. The fraction of sp³-hybridized carbons (Fsp3) is 0.778. The number of aromatic nitrogens is 2. The highest BCUT2D eigenvalue weighted by Gasteiger charge is 2.19. The number of nitrogens with zero attached hydrogens (tertiary/aromatic N) is 2. The van der Waals surface area contributed by atoms with Crippen molar-refractivity contribution < 1.29 is 9.90 Å². The van der Waals surface area contributed by atoms with Crippen molar-refractivity contribution in [1.82, 2.24) is 15.1 Å². The summed E-state index contributed by atoms with van der Waals surface area (Å²) < 4.78 is 1.99. The summed E-state index contributed by atoms with van der Waals surface area (Å²) in [4.78, 5) is 12.3. The fourth-order valence-corrected chi connectivity index (χ4v) is 2.38. The number of unbranched alkanes of at least 4 members (excludes halogenated alkanes) is 2. The molecule has 0 bridgehead atoms. The molecule has 0 saturated heterocycles. The van der Waals surface area contributed by atoms with Crippen molar-refractivity contribution in [2.24, 2.45) is 11.3 Å². The van der Waals surface area contributed by atoms with Gasteiger partial charge in [0.05, 0.1) is 0 Å². The molecule has 0 saturated carbocycles. The van der Waals surface area contributed by atoms with Gasteiger partial charge in [0.25, 0.3) is 5.91 Å². The quantitative estimate of drug-likeness (QED) is 0.686. The lowest BCUT2D eigenvalue weighted by Crippen LogP contribution is -2.29. The third-order valence-electron chi connectivity index (χ3n) is 3.70. The molecule has 132 valence electrons. The second-order valence-corrected chi connectivity index (χ2v) is 7.69. The zero-order chi connectivity index (χ0) is 17.5. The lowest BCUT2D eigenvalue weighted by Gasteiger charge is -2.18. The molecule has 5 heteroatoms. The van der Waals surface area contributed by atoms with Crippen molar-refractivity contribution in [2.75, 3.05) is 13.2 Å². The second-order valence-electron chi connectivity index (χ2n) is 7.69. The van der Waals surface area contributed by atoms with Crippen molar-refractivity contribution in [2.45, 2.75) is 66.8 Å². The van der Waals surface area contributed by atoms with Crippen LogP contribution in [0.5, 0.6) is 0 Å². The number of aliphatic hydroxyl groups excluding tert-OH is 1. The normalized spacial score (nSPS) is 13.1. The molecule has 1 amide bonds. The Kier molecular flexibility index (Phi) is 7.76. The zero-order valence-corrected chi connectivity index (χ0v) is 15.4. The van der Waals surface area contributed by atoms with Gasteiger partial charge >= 0.3 is 0 Å². The summed E-state index contributed by atoms with van der Waals surface area (Å²) in [5.74, 6) is -0.102. The van der Waals surface area contributed by atoms with Crippen LogP contribution in [0.15, 0.2) is 6.07 Å². The van der Waals surface area contributed by atoms with Gasteiger partial charge in [0.15, 0.2) is 0 Å². The minimum Gasteiger partial charge on any atom is -0.396 e. The Morgan fingerprint density at radius 1 is 1.39 bits per heavy atom. The van der Waals surface area contributed by atoms with Crippen molar-refractivity contribution in [3.63, 3.8) is 0 Å². The van der Waals surface area contributed by atoms with E-state index in [1.807, 2.05) is 17.7 Å². The summed E-state index contributed by atoms with van der Waals surface area (Å²) in [5, 5.41) is 16.4. The minimum atomic E-state index is -0.158. The molecule has 0 aliphatic carbocycles. The fourth-order valence-electron chi connectivity index (χ4n) is 2.38. The predicted octanol–water partition coefficient (Wildman–Crippen LogP) is 3.02. The molecule has 1 heterocycles. The van der Waals surface area contributed by atoms with E-state index < -0.39 is 0 Å². The van der Waals surface area contributed by atoms with E-state index in [-0.39, 0.29) is 23.8 Å². The lowest BCUT2D eigenvalue weighted by atomic mass is 9.90. The van der Waals surface area contributed by atoms with Crippen LogP contribution in [-0.2, 0) is 13.0 Å². The van der Waals surface area contributed by atoms with Gasteiger partial charge in [-0.1, -0.05) is 47.5 Å². The molecule has 1 rings (SSSR count). The lowest BCUT2D eigenvalue weighted by molar-refractivity contribution is 0.0936. The van der Waals surface area contributed by atoms with Crippen LogP contribution in [0.4, 0.5) is 0 Å². The summed E-state index contributed by atoms with van der Waals surface area (Å²) in [6.45, 7) is 12.1. The van der Waals surface area contributed by atoms with E-state index in [1.165, 1.54) is 12.8 Å². The van der Waals surface area contributed by atoms with E-state index in [2.05, 4.69) is 38.1 Å². The Hall–Kier alpha value is -1.36. The molecule has 0 radical (unpaired) electrons. The Bertz CT molecular complexity index is 489. The smallest absolute Gasteiger partial charge is 0.271 e.